The molecule has 0 radical (unpaired) electrons. The zero-order valence-electron chi connectivity index (χ0n) is 10.1. The molecule has 1 aromatic carbocycles. The van der Waals surface area contributed by atoms with Gasteiger partial charge in [0.25, 0.3) is 0 Å². The summed E-state index contributed by atoms with van der Waals surface area (Å²) in [7, 11) is 0. The van der Waals surface area contributed by atoms with Crippen LogP contribution in [0.3, 0.4) is 0 Å². The molecule has 2 rings (SSSR count). The monoisotopic (exact) mass is 239 g/mol. The summed E-state index contributed by atoms with van der Waals surface area (Å²) < 4.78 is 5.60. The average molecular weight is 239 g/mol. The maximum Gasteiger partial charge on any atom is 0.219 e. The van der Waals surface area contributed by atoms with Gasteiger partial charge in [-0.15, -0.1) is 0 Å². The predicted molar refractivity (Wildman–Crippen MR) is 69.3 cm³/mol. The van der Waals surface area contributed by atoms with Gasteiger partial charge in [-0.2, -0.15) is 5.26 Å². The fraction of sp³-hybridized carbons (Fsp3) is 0.143. The van der Waals surface area contributed by atoms with Crippen LogP contribution >= 0.6 is 0 Å². The molecule has 0 saturated heterocycles. The molecule has 2 N–H and O–H groups in total. The van der Waals surface area contributed by atoms with Crippen LogP contribution in [0.4, 0.5) is 5.69 Å². The number of hydrogen-bond acceptors (Lipinski definition) is 4. The van der Waals surface area contributed by atoms with Crippen LogP contribution in [0.2, 0.25) is 0 Å². The number of aromatic nitrogens is 1. The van der Waals surface area contributed by atoms with Crippen molar-refractivity contribution in [3.63, 3.8) is 0 Å². The summed E-state index contributed by atoms with van der Waals surface area (Å²) in [6.07, 6.45) is 2.33. The van der Waals surface area contributed by atoms with Crippen molar-refractivity contribution >= 4 is 5.69 Å². The molecule has 0 aliphatic rings. The largest absolute Gasteiger partial charge is 0.439 e. The van der Waals surface area contributed by atoms with Crippen molar-refractivity contribution in [3.05, 3.63) is 47.7 Å². The van der Waals surface area contributed by atoms with Crippen molar-refractivity contribution in [2.75, 3.05) is 5.73 Å². The Morgan fingerprint density at radius 1 is 1.33 bits per heavy atom. The van der Waals surface area contributed by atoms with Gasteiger partial charge >= 0.3 is 0 Å². The van der Waals surface area contributed by atoms with E-state index in [0.717, 1.165) is 12.0 Å². The van der Waals surface area contributed by atoms with Crippen molar-refractivity contribution in [2.45, 2.75) is 13.3 Å². The van der Waals surface area contributed by atoms with Gasteiger partial charge in [0.05, 0.1) is 23.5 Å². The third kappa shape index (κ3) is 2.58. The van der Waals surface area contributed by atoms with E-state index in [1.165, 1.54) is 0 Å². The van der Waals surface area contributed by atoms with E-state index in [2.05, 4.69) is 11.1 Å². The molecule has 0 aliphatic heterocycles. The van der Waals surface area contributed by atoms with E-state index in [9.17, 15) is 0 Å². The van der Waals surface area contributed by atoms with Crippen molar-refractivity contribution in [1.82, 2.24) is 4.98 Å². The van der Waals surface area contributed by atoms with Crippen LogP contribution in [0.5, 0.6) is 11.6 Å². The number of ether oxygens (including phenoxy) is 1. The number of hydrogen-bond donors (Lipinski definition) is 1. The van der Waals surface area contributed by atoms with Crippen molar-refractivity contribution in [3.8, 4) is 17.7 Å². The number of benzene rings is 1. The second-order valence-corrected chi connectivity index (χ2v) is 3.82. The Labute approximate surface area is 106 Å². The summed E-state index contributed by atoms with van der Waals surface area (Å²) >= 11 is 0. The van der Waals surface area contributed by atoms with Crippen molar-refractivity contribution < 1.29 is 4.74 Å². The molecule has 0 spiro atoms. The first kappa shape index (κ1) is 11.9. The molecule has 0 atom stereocenters. The van der Waals surface area contributed by atoms with Crippen molar-refractivity contribution in [2.24, 2.45) is 0 Å². The van der Waals surface area contributed by atoms with E-state index < -0.39 is 0 Å². The molecule has 1 aromatic heterocycles. The van der Waals surface area contributed by atoms with Gasteiger partial charge in [0, 0.05) is 6.07 Å². The highest BCUT2D eigenvalue weighted by atomic mass is 16.5. The molecule has 0 fully saturated rings. The Balaban J connectivity index is 2.25. The van der Waals surface area contributed by atoms with Gasteiger partial charge in [-0.1, -0.05) is 6.92 Å². The van der Waals surface area contributed by atoms with Gasteiger partial charge in [0.15, 0.2) is 0 Å². The molecule has 0 saturated carbocycles. The SMILES string of the molecule is CCc1cc(Oc2ccc(N)cn2)ccc1C#N. The standard InChI is InChI=1S/C14H13N3O/c1-2-10-7-13(5-3-11(10)8-15)18-14-6-4-12(16)9-17-14/h3-7,9H,2,16H2,1H3. The third-order valence-corrected chi connectivity index (χ3v) is 2.56. The first-order valence-electron chi connectivity index (χ1n) is 5.65. The van der Waals surface area contributed by atoms with Gasteiger partial charge in [-0.05, 0) is 36.2 Å². The fourth-order valence-electron chi connectivity index (χ4n) is 1.61. The van der Waals surface area contributed by atoms with Crippen LogP contribution in [0.1, 0.15) is 18.1 Å². The quantitative estimate of drug-likeness (QED) is 0.893. The van der Waals surface area contributed by atoms with Gasteiger partial charge in [-0.25, -0.2) is 4.98 Å². The number of nitrogens with zero attached hydrogens (tertiary/aromatic N) is 2. The highest BCUT2D eigenvalue weighted by Gasteiger charge is 2.04. The smallest absolute Gasteiger partial charge is 0.219 e. The van der Waals surface area contributed by atoms with E-state index in [1.54, 1.807) is 30.5 Å². The summed E-state index contributed by atoms with van der Waals surface area (Å²) in [4.78, 5) is 4.06. The lowest BCUT2D eigenvalue weighted by atomic mass is 10.1. The lowest BCUT2D eigenvalue weighted by Crippen LogP contribution is -1.93. The minimum atomic E-state index is 0.482. The first-order valence-corrected chi connectivity index (χ1v) is 5.65. The number of rotatable bonds is 3. The lowest BCUT2D eigenvalue weighted by Gasteiger charge is -2.07. The average Bonchev–Trinajstić information content (AvgIpc) is 2.41. The van der Waals surface area contributed by atoms with Gasteiger partial charge in [-0.3, -0.25) is 0 Å². The lowest BCUT2D eigenvalue weighted by molar-refractivity contribution is 0.462. The zero-order chi connectivity index (χ0) is 13.0. The first-order chi connectivity index (χ1) is 8.72. The maximum atomic E-state index is 8.94. The predicted octanol–water partition coefficient (Wildman–Crippen LogP) is 2.89. The highest BCUT2D eigenvalue weighted by molar-refractivity contribution is 5.44. The Bertz CT molecular complexity index is 585. The molecular formula is C14H13N3O. The normalized spacial score (nSPS) is 9.78. The Morgan fingerprint density at radius 3 is 2.78 bits per heavy atom. The van der Waals surface area contributed by atoms with Crippen molar-refractivity contribution in [1.29, 1.82) is 5.26 Å². The minimum absolute atomic E-state index is 0.482. The number of nitrogens with two attached hydrogens (primary N) is 1. The highest BCUT2D eigenvalue weighted by Crippen LogP contribution is 2.23. The molecule has 4 nitrogen and oxygen atoms in total. The van der Waals surface area contributed by atoms with E-state index >= 15 is 0 Å². The summed E-state index contributed by atoms with van der Waals surface area (Å²) in [6.45, 7) is 2.00. The van der Waals surface area contributed by atoms with Gasteiger partial charge in [0.2, 0.25) is 5.88 Å². The Morgan fingerprint density at radius 2 is 2.17 bits per heavy atom. The minimum Gasteiger partial charge on any atom is -0.439 e. The number of nitrogen functional groups attached to an aromatic ring is 1. The number of pyridine rings is 1. The summed E-state index contributed by atoms with van der Waals surface area (Å²) in [6, 6.07) is 11.0. The van der Waals surface area contributed by atoms with Crippen LogP contribution in [-0.4, -0.2) is 4.98 Å². The molecule has 90 valence electrons. The molecule has 4 heteroatoms. The second-order valence-electron chi connectivity index (χ2n) is 3.82. The molecule has 2 aromatic rings. The van der Waals surface area contributed by atoms with E-state index in [0.29, 0.717) is 22.9 Å². The summed E-state index contributed by atoms with van der Waals surface area (Å²) in [5.74, 6) is 1.15. The van der Waals surface area contributed by atoms with E-state index in [-0.39, 0.29) is 0 Å². The maximum absolute atomic E-state index is 8.94. The van der Waals surface area contributed by atoms with Gasteiger partial charge in [0.1, 0.15) is 5.75 Å². The molecule has 18 heavy (non-hydrogen) atoms. The number of anilines is 1. The molecule has 0 bridgehead atoms. The summed E-state index contributed by atoms with van der Waals surface area (Å²) in [5, 5.41) is 8.94. The number of nitriles is 1. The molecule has 1 heterocycles. The topological polar surface area (TPSA) is 71.9 Å². The molecule has 0 amide bonds. The van der Waals surface area contributed by atoms with Crippen LogP contribution < -0.4 is 10.5 Å². The van der Waals surface area contributed by atoms with Crippen LogP contribution in [0.15, 0.2) is 36.5 Å². The van der Waals surface area contributed by atoms with Crippen LogP contribution in [-0.2, 0) is 6.42 Å². The van der Waals surface area contributed by atoms with E-state index in [4.69, 9.17) is 15.7 Å². The Hall–Kier alpha value is -2.54. The molecule has 0 aliphatic carbocycles. The summed E-state index contributed by atoms with van der Waals surface area (Å²) in [5.41, 5.74) is 7.78. The van der Waals surface area contributed by atoms with Crippen LogP contribution in [0, 0.1) is 11.3 Å². The second kappa shape index (κ2) is 5.19. The van der Waals surface area contributed by atoms with Gasteiger partial charge < -0.3 is 10.5 Å². The fourth-order valence-corrected chi connectivity index (χ4v) is 1.61. The number of aryl methyl sites for hydroxylation is 1. The van der Waals surface area contributed by atoms with Crippen LogP contribution in [0.25, 0.3) is 0 Å². The Kier molecular flexibility index (Phi) is 3.44. The third-order valence-electron chi connectivity index (χ3n) is 2.56. The van der Waals surface area contributed by atoms with E-state index in [1.807, 2.05) is 13.0 Å². The molecular weight excluding hydrogens is 226 g/mol. The zero-order valence-corrected chi connectivity index (χ0v) is 10.1. The molecule has 0 unspecified atom stereocenters.